The smallest absolute Gasteiger partial charge is 0.123 e. The molecule has 21 heavy (non-hydrogen) atoms. The molecule has 0 aromatic heterocycles. The summed E-state index contributed by atoms with van der Waals surface area (Å²) in [5, 5.41) is 0. The zero-order valence-corrected chi connectivity index (χ0v) is 14.0. The molecular weight excluding hydrogens is 285 g/mol. The quantitative estimate of drug-likeness (QED) is 0.804. The van der Waals surface area contributed by atoms with E-state index in [9.17, 15) is 8.60 Å². The standard InChI is InChI=1S/C17H26FNOS/c1-13(15-5-4-6-15)11-17(2,3)21(20)19-12-14-7-9-16(18)10-8-14/h7-10,13,15,19H,4-6,11-12H2,1-3H3/t13-,21?/m0/s1. The molecule has 4 heteroatoms. The van der Waals surface area contributed by atoms with Gasteiger partial charge in [-0.3, -0.25) is 0 Å². The maximum Gasteiger partial charge on any atom is 0.123 e. The van der Waals surface area contributed by atoms with E-state index in [-0.39, 0.29) is 10.6 Å². The van der Waals surface area contributed by atoms with Crippen LogP contribution >= 0.6 is 0 Å². The third kappa shape index (κ3) is 4.62. The molecule has 1 aromatic rings. The van der Waals surface area contributed by atoms with E-state index in [0.717, 1.165) is 17.9 Å². The lowest BCUT2D eigenvalue weighted by molar-refractivity contribution is 0.200. The Morgan fingerprint density at radius 3 is 2.48 bits per heavy atom. The van der Waals surface area contributed by atoms with E-state index in [0.29, 0.717) is 12.5 Å². The zero-order chi connectivity index (χ0) is 15.5. The summed E-state index contributed by atoms with van der Waals surface area (Å²) in [5.74, 6) is 1.21. The van der Waals surface area contributed by atoms with E-state index < -0.39 is 11.0 Å². The maximum atomic E-state index is 12.9. The van der Waals surface area contributed by atoms with Gasteiger partial charge in [-0.05, 0) is 49.8 Å². The molecule has 0 amide bonds. The summed E-state index contributed by atoms with van der Waals surface area (Å²) in [7, 11) is -1.09. The molecule has 1 aliphatic rings. The monoisotopic (exact) mass is 311 g/mol. The minimum atomic E-state index is -1.09. The highest BCUT2D eigenvalue weighted by Gasteiger charge is 2.33. The van der Waals surface area contributed by atoms with Gasteiger partial charge in [-0.15, -0.1) is 0 Å². The predicted octanol–water partition coefficient (Wildman–Crippen LogP) is 4.18. The molecule has 1 aromatic carbocycles. The minimum absolute atomic E-state index is 0.241. The van der Waals surface area contributed by atoms with Crippen molar-refractivity contribution in [2.75, 3.05) is 0 Å². The molecule has 0 bridgehead atoms. The first-order valence-corrected chi connectivity index (χ1v) is 8.93. The lowest BCUT2D eigenvalue weighted by atomic mass is 9.74. The predicted molar refractivity (Wildman–Crippen MR) is 86.6 cm³/mol. The number of benzene rings is 1. The molecule has 0 saturated heterocycles. The molecule has 118 valence electrons. The molecule has 0 spiro atoms. The van der Waals surface area contributed by atoms with Gasteiger partial charge in [0.05, 0.1) is 15.7 Å². The number of hydrogen-bond acceptors (Lipinski definition) is 1. The Morgan fingerprint density at radius 2 is 1.95 bits per heavy atom. The first kappa shape index (κ1) is 16.6. The van der Waals surface area contributed by atoms with Gasteiger partial charge in [-0.2, -0.15) is 0 Å². The van der Waals surface area contributed by atoms with Gasteiger partial charge >= 0.3 is 0 Å². The van der Waals surface area contributed by atoms with E-state index in [2.05, 4.69) is 25.5 Å². The molecule has 1 aliphatic carbocycles. The van der Waals surface area contributed by atoms with E-state index in [1.54, 1.807) is 12.1 Å². The molecule has 1 N–H and O–H groups in total. The Hall–Kier alpha value is -0.740. The van der Waals surface area contributed by atoms with Crippen molar-refractivity contribution in [2.45, 2.75) is 57.7 Å². The molecule has 2 nitrogen and oxygen atoms in total. The van der Waals surface area contributed by atoms with Gasteiger partial charge in [0.2, 0.25) is 0 Å². The van der Waals surface area contributed by atoms with Crippen LogP contribution in [-0.2, 0) is 17.5 Å². The molecule has 0 radical (unpaired) electrons. The molecular formula is C17H26FNOS. The van der Waals surface area contributed by atoms with Crippen molar-refractivity contribution in [3.63, 3.8) is 0 Å². The van der Waals surface area contributed by atoms with Crippen LogP contribution in [-0.4, -0.2) is 8.96 Å². The number of nitrogens with one attached hydrogen (secondary N) is 1. The topological polar surface area (TPSA) is 29.1 Å². The summed E-state index contributed by atoms with van der Waals surface area (Å²) in [4.78, 5) is 0. The SMILES string of the molecule is C[C@@H](CC(C)(C)S(=O)NCc1ccc(F)cc1)C1CCC1. The maximum absolute atomic E-state index is 12.9. The van der Waals surface area contributed by atoms with Crippen LogP contribution in [0, 0.1) is 17.7 Å². The largest absolute Gasteiger partial charge is 0.242 e. The second-order valence-electron chi connectivity index (χ2n) is 6.85. The lowest BCUT2D eigenvalue weighted by Gasteiger charge is -2.36. The van der Waals surface area contributed by atoms with E-state index in [4.69, 9.17) is 0 Å². The lowest BCUT2D eigenvalue weighted by Crippen LogP contribution is -2.39. The van der Waals surface area contributed by atoms with E-state index in [1.807, 2.05) is 0 Å². The molecule has 2 atom stereocenters. The highest BCUT2D eigenvalue weighted by atomic mass is 32.2. The van der Waals surface area contributed by atoms with Crippen LogP contribution in [0.2, 0.25) is 0 Å². The minimum Gasteiger partial charge on any atom is -0.242 e. The first-order valence-electron chi connectivity index (χ1n) is 7.78. The van der Waals surface area contributed by atoms with Crippen LogP contribution in [0.15, 0.2) is 24.3 Å². The first-order chi connectivity index (χ1) is 9.88. The zero-order valence-electron chi connectivity index (χ0n) is 13.2. The molecule has 2 rings (SSSR count). The van der Waals surface area contributed by atoms with Crippen LogP contribution in [0.4, 0.5) is 4.39 Å². The summed E-state index contributed by atoms with van der Waals surface area (Å²) in [5.41, 5.74) is 0.951. The Kier molecular flexibility index (Phi) is 5.55. The second-order valence-corrected chi connectivity index (χ2v) is 8.78. The van der Waals surface area contributed by atoms with Gasteiger partial charge in [0, 0.05) is 6.54 Å². The third-order valence-corrected chi connectivity index (χ3v) is 6.17. The van der Waals surface area contributed by atoms with Crippen LogP contribution < -0.4 is 4.72 Å². The van der Waals surface area contributed by atoms with Crippen molar-refractivity contribution in [3.05, 3.63) is 35.6 Å². The Labute approximate surface area is 130 Å². The van der Waals surface area contributed by atoms with Crippen LogP contribution in [0.5, 0.6) is 0 Å². The van der Waals surface area contributed by atoms with E-state index in [1.165, 1.54) is 31.4 Å². The summed E-state index contributed by atoms with van der Waals surface area (Å²) in [6.45, 7) is 6.92. The fraction of sp³-hybridized carbons (Fsp3) is 0.647. The Bertz CT molecular complexity index is 482. The third-order valence-electron chi connectivity index (χ3n) is 4.59. The van der Waals surface area contributed by atoms with Crippen molar-refractivity contribution >= 4 is 11.0 Å². The van der Waals surface area contributed by atoms with Gasteiger partial charge < -0.3 is 0 Å². The van der Waals surface area contributed by atoms with Gasteiger partial charge in [-0.25, -0.2) is 13.3 Å². The highest BCUT2D eigenvalue weighted by Crippen LogP contribution is 2.38. The van der Waals surface area contributed by atoms with Crippen molar-refractivity contribution < 1.29 is 8.60 Å². The molecule has 0 aliphatic heterocycles. The van der Waals surface area contributed by atoms with Crippen molar-refractivity contribution in [3.8, 4) is 0 Å². The van der Waals surface area contributed by atoms with Crippen LogP contribution in [0.1, 0.15) is 52.0 Å². The average Bonchev–Trinajstić information content (AvgIpc) is 2.34. The number of hydrogen-bond donors (Lipinski definition) is 1. The summed E-state index contributed by atoms with van der Waals surface area (Å²) in [6.07, 6.45) is 4.97. The Morgan fingerprint density at radius 1 is 1.33 bits per heavy atom. The van der Waals surface area contributed by atoms with Crippen molar-refractivity contribution in [1.29, 1.82) is 0 Å². The van der Waals surface area contributed by atoms with Crippen LogP contribution in [0.25, 0.3) is 0 Å². The molecule has 0 heterocycles. The number of rotatable bonds is 7. The van der Waals surface area contributed by atoms with Gasteiger partial charge in [0.25, 0.3) is 0 Å². The normalized spacial score (nSPS) is 19.0. The van der Waals surface area contributed by atoms with Crippen molar-refractivity contribution in [1.82, 2.24) is 4.72 Å². The molecule has 1 fully saturated rings. The summed E-state index contributed by atoms with van der Waals surface area (Å²) in [6, 6.07) is 6.32. The van der Waals surface area contributed by atoms with Gasteiger partial charge in [0.1, 0.15) is 5.82 Å². The van der Waals surface area contributed by atoms with Gasteiger partial charge in [0.15, 0.2) is 0 Å². The summed E-state index contributed by atoms with van der Waals surface area (Å²) < 4.78 is 28.2. The van der Waals surface area contributed by atoms with Gasteiger partial charge in [-0.1, -0.05) is 38.3 Å². The molecule has 1 saturated carbocycles. The Balaban J connectivity index is 1.84. The highest BCUT2D eigenvalue weighted by molar-refractivity contribution is 7.84. The summed E-state index contributed by atoms with van der Waals surface area (Å²) >= 11 is 0. The fourth-order valence-corrected chi connectivity index (χ4v) is 4.08. The van der Waals surface area contributed by atoms with Crippen LogP contribution in [0.3, 0.4) is 0 Å². The second kappa shape index (κ2) is 7.01. The van der Waals surface area contributed by atoms with E-state index >= 15 is 0 Å². The fourth-order valence-electron chi connectivity index (χ4n) is 2.97. The number of halogens is 1. The average molecular weight is 311 g/mol. The molecule has 1 unspecified atom stereocenters. The van der Waals surface area contributed by atoms with Crippen molar-refractivity contribution in [2.24, 2.45) is 11.8 Å².